The van der Waals surface area contributed by atoms with Gasteiger partial charge in [-0.05, 0) is 43.3 Å². The molecular weight excluding hydrogens is 378 g/mol. The number of aryl methyl sites for hydroxylation is 1. The van der Waals surface area contributed by atoms with Gasteiger partial charge >= 0.3 is 6.03 Å². The maximum Gasteiger partial charge on any atom is 0.323 e. The van der Waals surface area contributed by atoms with Crippen molar-refractivity contribution in [3.8, 4) is 28.5 Å². The molecule has 30 heavy (non-hydrogen) atoms. The number of methoxy groups -OCH3 is 1. The maximum atomic E-state index is 12.2. The van der Waals surface area contributed by atoms with Crippen LogP contribution in [0.15, 0.2) is 83.5 Å². The van der Waals surface area contributed by atoms with Gasteiger partial charge in [0.05, 0.1) is 7.11 Å². The zero-order valence-electron chi connectivity index (χ0n) is 16.7. The van der Waals surface area contributed by atoms with Crippen LogP contribution in [0.2, 0.25) is 0 Å². The molecule has 6 heteroatoms. The first-order chi connectivity index (χ1) is 14.6. The van der Waals surface area contributed by atoms with Crippen molar-refractivity contribution in [2.45, 2.75) is 6.92 Å². The van der Waals surface area contributed by atoms with E-state index in [1.807, 2.05) is 55.5 Å². The third-order valence-electron chi connectivity index (χ3n) is 4.57. The molecule has 4 aromatic rings. The number of nitrogens with zero attached hydrogens (tertiary/aromatic N) is 1. The van der Waals surface area contributed by atoms with Gasteiger partial charge in [0.15, 0.2) is 0 Å². The van der Waals surface area contributed by atoms with Crippen LogP contribution in [0.4, 0.5) is 16.2 Å². The molecule has 2 amide bonds. The Labute approximate surface area is 174 Å². The highest BCUT2D eigenvalue weighted by atomic mass is 16.5. The summed E-state index contributed by atoms with van der Waals surface area (Å²) in [5.74, 6) is 1.20. The molecule has 0 aliphatic rings. The first-order valence-electron chi connectivity index (χ1n) is 9.46. The Hall–Kier alpha value is -4.06. The van der Waals surface area contributed by atoms with Crippen LogP contribution < -0.4 is 15.4 Å². The Morgan fingerprint density at radius 2 is 1.60 bits per heavy atom. The SMILES string of the molecule is COc1cccc(NC(=O)Nc2ccc(-c3nc(-c4ccc(C)cc4)co3)cc2)c1. The molecule has 0 aliphatic heterocycles. The van der Waals surface area contributed by atoms with Crippen molar-refractivity contribution >= 4 is 17.4 Å². The Kier molecular flexibility index (Phi) is 5.48. The van der Waals surface area contributed by atoms with E-state index in [9.17, 15) is 4.79 Å². The van der Waals surface area contributed by atoms with Gasteiger partial charge in [-0.25, -0.2) is 9.78 Å². The van der Waals surface area contributed by atoms with E-state index < -0.39 is 0 Å². The lowest BCUT2D eigenvalue weighted by molar-refractivity contribution is 0.262. The lowest BCUT2D eigenvalue weighted by Gasteiger charge is -2.09. The van der Waals surface area contributed by atoms with Gasteiger partial charge in [-0.2, -0.15) is 0 Å². The lowest BCUT2D eigenvalue weighted by Crippen LogP contribution is -2.19. The van der Waals surface area contributed by atoms with E-state index in [0.717, 1.165) is 16.8 Å². The van der Waals surface area contributed by atoms with Crippen LogP contribution in [-0.2, 0) is 0 Å². The number of carbonyl (C=O) groups is 1. The van der Waals surface area contributed by atoms with E-state index in [1.165, 1.54) is 5.56 Å². The second-order valence-electron chi connectivity index (χ2n) is 6.79. The van der Waals surface area contributed by atoms with Gasteiger partial charge < -0.3 is 19.8 Å². The predicted octanol–water partition coefficient (Wildman–Crippen LogP) is 5.97. The fraction of sp³-hybridized carbons (Fsp3) is 0.0833. The van der Waals surface area contributed by atoms with Gasteiger partial charge in [-0.3, -0.25) is 0 Å². The first-order valence-corrected chi connectivity index (χ1v) is 9.46. The summed E-state index contributed by atoms with van der Waals surface area (Å²) in [6, 6.07) is 22.3. The van der Waals surface area contributed by atoms with Gasteiger partial charge in [0.25, 0.3) is 0 Å². The first kappa shape index (κ1) is 19.3. The highest BCUT2D eigenvalue weighted by Crippen LogP contribution is 2.26. The molecule has 0 unspecified atom stereocenters. The highest BCUT2D eigenvalue weighted by Gasteiger charge is 2.09. The molecule has 150 valence electrons. The molecule has 1 aromatic heterocycles. The summed E-state index contributed by atoms with van der Waals surface area (Å²) < 4.78 is 10.8. The second-order valence-corrected chi connectivity index (χ2v) is 6.79. The van der Waals surface area contributed by atoms with Crippen molar-refractivity contribution in [1.29, 1.82) is 0 Å². The van der Waals surface area contributed by atoms with Gasteiger partial charge in [-0.1, -0.05) is 35.9 Å². The lowest BCUT2D eigenvalue weighted by atomic mass is 10.1. The van der Waals surface area contributed by atoms with Crippen LogP contribution in [0.1, 0.15) is 5.56 Å². The van der Waals surface area contributed by atoms with Crippen molar-refractivity contribution in [1.82, 2.24) is 4.98 Å². The fourth-order valence-corrected chi connectivity index (χ4v) is 2.95. The molecule has 0 aliphatic carbocycles. The topological polar surface area (TPSA) is 76.4 Å². The van der Waals surface area contributed by atoms with Crippen molar-refractivity contribution in [3.05, 3.63) is 84.6 Å². The molecule has 6 nitrogen and oxygen atoms in total. The molecular formula is C24H21N3O3. The molecule has 0 fully saturated rings. The summed E-state index contributed by atoms with van der Waals surface area (Å²) in [7, 11) is 1.58. The zero-order valence-corrected chi connectivity index (χ0v) is 16.7. The number of hydrogen-bond donors (Lipinski definition) is 2. The molecule has 0 saturated carbocycles. The zero-order chi connectivity index (χ0) is 20.9. The number of hydrogen-bond acceptors (Lipinski definition) is 4. The molecule has 0 radical (unpaired) electrons. The normalized spacial score (nSPS) is 10.5. The average molecular weight is 399 g/mol. The summed E-state index contributed by atoms with van der Waals surface area (Å²) in [6.07, 6.45) is 1.65. The number of oxazole rings is 1. The number of nitrogens with one attached hydrogen (secondary N) is 2. The summed E-state index contributed by atoms with van der Waals surface area (Å²) >= 11 is 0. The van der Waals surface area contributed by atoms with Crippen LogP contribution in [-0.4, -0.2) is 18.1 Å². The second kappa shape index (κ2) is 8.53. The minimum absolute atomic E-state index is 0.339. The standard InChI is InChI=1S/C24H21N3O3/c1-16-6-8-17(9-7-16)22-15-30-23(27-22)18-10-12-19(13-11-18)25-24(28)26-20-4-3-5-21(14-20)29-2/h3-15H,1-2H3,(H2,25,26,28). The van der Waals surface area contributed by atoms with E-state index in [0.29, 0.717) is 23.0 Å². The Morgan fingerprint density at radius 1 is 0.900 bits per heavy atom. The Balaban J connectivity index is 1.41. The summed E-state index contributed by atoms with van der Waals surface area (Å²) in [5.41, 5.74) is 5.11. The number of urea groups is 1. The van der Waals surface area contributed by atoms with Crippen LogP contribution in [0.3, 0.4) is 0 Å². The smallest absolute Gasteiger partial charge is 0.323 e. The third kappa shape index (κ3) is 4.50. The van der Waals surface area contributed by atoms with E-state index in [-0.39, 0.29) is 6.03 Å². The summed E-state index contributed by atoms with van der Waals surface area (Å²) in [5, 5.41) is 5.58. The third-order valence-corrected chi connectivity index (χ3v) is 4.57. The van der Waals surface area contributed by atoms with Crippen molar-refractivity contribution in [2.24, 2.45) is 0 Å². The van der Waals surface area contributed by atoms with E-state index >= 15 is 0 Å². The molecule has 4 rings (SSSR count). The molecule has 2 N–H and O–H groups in total. The average Bonchev–Trinajstić information content (AvgIpc) is 3.25. The number of amides is 2. The molecule has 0 atom stereocenters. The van der Waals surface area contributed by atoms with Crippen LogP contribution in [0, 0.1) is 6.92 Å². The van der Waals surface area contributed by atoms with Gasteiger partial charge in [0, 0.05) is 28.6 Å². The predicted molar refractivity (Wildman–Crippen MR) is 118 cm³/mol. The van der Waals surface area contributed by atoms with Crippen LogP contribution in [0.5, 0.6) is 5.75 Å². The number of ether oxygens (including phenoxy) is 1. The summed E-state index contributed by atoms with van der Waals surface area (Å²) in [4.78, 5) is 16.8. The van der Waals surface area contributed by atoms with Gasteiger partial charge in [0.1, 0.15) is 17.7 Å². The fourth-order valence-electron chi connectivity index (χ4n) is 2.95. The van der Waals surface area contributed by atoms with Crippen LogP contribution in [0.25, 0.3) is 22.7 Å². The van der Waals surface area contributed by atoms with Crippen molar-refractivity contribution in [2.75, 3.05) is 17.7 Å². The number of carbonyl (C=O) groups excluding carboxylic acids is 1. The molecule has 3 aromatic carbocycles. The number of benzene rings is 3. The number of anilines is 2. The van der Waals surface area contributed by atoms with Crippen molar-refractivity contribution in [3.63, 3.8) is 0 Å². The van der Waals surface area contributed by atoms with E-state index in [1.54, 1.807) is 37.6 Å². The molecule has 0 bridgehead atoms. The maximum absolute atomic E-state index is 12.2. The quantitative estimate of drug-likeness (QED) is 0.433. The minimum atomic E-state index is -0.339. The van der Waals surface area contributed by atoms with E-state index in [4.69, 9.17) is 9.15 Å². The summed E-state index contributed by atoms with van der Waals surface area (Å²) in [6.45, 7) is 2.05. The van der Waals surface area contributed by atoms with Gasteiger partial charge in [0.2, 0.25) is 5.89 Å². The minimum Gasteiger partial charge on any atom is -0.497 e. The van der Waals surface area contributed by atoms with Gasteiger partial charge in [-0.15, -0.1) is 0 Å². The van der Waals surface area contributed by atoms with E-state index in [2.05, 4.69) is 15.6 Å². The highest BCUT2D eigenvalue weighted by molar-refractivity contribution is 5.99. The van der Waals surface area contributed by atoms with Crippen molar-refractivity contribution < 1.29 is 13.9 Å². The molecule has 1 heterocycles. The molecule has 0 spiro atoms. The largest absolute Gasteiger partial charge is 0.497 e. The number of aromatic nitrogens is 1. The Bertz CT molecular complexity index is 1150. The molecule has 0 saturated heterocycles. The van der Waals surface area contributed by atoms with Crippen LogP contribution >= 0.6 is 0 Å². The Morgan fingerprint density at radius 3 is 2.33 bits per heavy atom. The monoisotopic (exact) mass is 399 g/mol. The number of rotatable bonds is 5.